The van der Waals surface area contributed by atoms with Gasteiger partial charge in [-0.15, -0.1) is 0 Å². The van der Waals surface area contributed by atoms with Gasteiger partial charge in [-0.05, 0) is 18.6 Å². The number of hydrogen-bond donors (Lipinski definition) is 1. The van der Waals surface area contributed by atoms with Crippen molar-refractivity contribution >= 4 is 0 Å². The zero-order chi connectivity index (χ0) is 9.10. The van der Waals surface area contributed by atoms with E-state index in [2.05, 4.69) is 23.3 Å². The Bertz CT molecular complexity index is 277. The molecule has 1 saturated heterocycles. The predicted octanol–water partition coefficient (Wildman–Crippen LogP) is 0.658. The summed E-state index contributed by atoms with van der Waals surface area (Å²) in [7, 11) is 0. The van der Waals surface area contributed by atoms with Gasteiger partial charge in [-0.2, -0.15) is 0 Å². The van der Waals surface area contributed by atoms with Crippen LogP contribution in [0, 0.1) is 6.92 Å². The van der Waals surface area contributed by atoms with Crippen LogP contribution in [0.4, 0.5) is 0 Å². The molecule has 0 aliphatic carbocycles. The fourth-order valence-corrected chi connectivity index (χ4v) is 2.02. The van der Waals surface area contributed by atoms with Gasteiger partial charge in [0, 0.05) is 31.2 Å². The molecule has 0 unspecified atom stereocenters. The SMILES string of the molecule is Cc1cccnc1C[C@@H]1CCC[NH2+]1. The predicted molar refractivity (Wildman–Crippen MR) is 52.5 cm³/mol. The fraction of sp³-hybridized carbons (Fsp3) is 0.545. The number of aromatic nitrogens is 1. The maximum atomic E-state index is 4.42. The summed E-state index contributed by atoms with van der Waals surface area (Å²) in [5, 5.41) is 2.45. The van der Waals surface area contributed by atoms with Crippen molar-refractivity contribution in [2.75, 3.05) is 6.54 Å². The molecule has 0 radical (unpaired) electrons. The molecule has 2 rings (SSSR count). The molecule has 1 aliphatic rings. The summed E-state index contributed by atoms with van der Waals surface area (Å²) in [5.74, 6) is 0. The van der Waals surface area contributed by atoms with Crippen molar-refractivity contribution in [3.05, 3.63) is 29.6 Å². The Hall–Kier alpha value is -0.890. The number of pyridine rings is 1. The molecule has 13 heavy (non-hydrogen) atoms. The molecular formula is C11H17N2+. The Morgan fingerprint density at radius 2 is 2.54 bits per heavy atom. The summed E-state index contributed by atoms with van der Waals surface area (Å²) in [6, 6.07) is 4.95. The third kappa shape index (κ3) is 2.07. The third-order valence-corrected chi connectivity index (χ3v) is 2.85. The molecule has 0 bridgehead atoms. The first-order valence-electron chi connectivity index (χ1n) is 5.10. The van der Waals surface area contributed by atoms with Crippen LogP contribution in [0.2, 0.25) is 0 Å². The number of aryl methyl sites for hydroxylation is 1. The number of quaternary nitrogens is 1. The van der Waals surface area contributed by atoms with E-state index >= 15 is 0 Å². The maximum Gasteiger partial charge on any atom is 0.0917 e. The van der Waals surface area contributed by atoms with E-state index in [4.69, 9.17) is 0 Å². The van der Waals surface area contributed by atoms with E-state index in [0.717, 1.165) is 12.5 Å². The molecule has 0 saturated carbocycles. The van der Waals surface area contributed by atoms with Crippen molar-refractivity contribution in [3.8, 4) is 0 Å². The molecule has 2 heterocycles. The lowest BCUT2D eigenvalue weighted by molar-refractivity contribution is -0.669. The average Bonchev–Trinajstić information content (AvgIpc) is 2.61. The van der Waals surface area contributed by atoms with Crippen molar-refractivity contribution in [2.45, 2.75) is 32.2 Å². The molecule has 2 heteroatoms. The van der Waals surface area contributed by atoms with Crippen LogP contribution < -0.4 is 5.32 Å². The molecule has 2 N–H and O–H groups in total. The van der Waals surface area contributed by atoms with Gasteiger partial charge in [-0.25, -0.2) is 0 Å². The molecule has 1 atom stereocenters. The van der Waals surface area contributed by atoms with E-state index in [1.807, 2.05) is 12.3 Å². The second-order valence-corrected chi connectivity index (χ2v) is 3.90. The highest BCUT2D eigenvalue weighted by Crippen LogP contribution is 2.08. The molecule has 0 spiro atoms. The minimum absolute atomic E-state index is 0.786. The van der Waals surface area contributed by atoms with Crippen molar-refractivity contribution < 1.29 is 5.32 Å². The Kier molecular flexibility index (Phi) is 2.60. The summed E-state index contributed by atoms with van der Waals surface area (Å²) in [4.78, 5) is 4.42. The molecule has 2 nitrogen and oxygen atoms in total. The van der Waals surface area contributed by atoms with E-state index in [1.165, 1.54) is 30.6 Å². The standard InChI is InChI=1S/C11H16N2/c1-9-4-2-7-13-11(9)8-10-5-3-6-12-10/h2,4,7,10,12H,3,5-6,8H2,1H3/p+1/t10-/m0/s1. The lowest BCUT2D eigenvalue weighted by atomic mass is 10.1. The number of nitrogens with two attached hydrogens (primary N) is 1. The van der Waals surface area contributed by atoms with Crippen LogP contribution in [0.25, 0.3) is 0 Å². The molecule has 0 aromatic carbocycles. The Balaban J connectivity index is 2.04. The van der Waals surface area contributed by atoms with Gasteiger partial charge < -0.3 is 5.32 Å². The largest absolute Gasteiger partial charge is 0.343 e. The van der Waals surface area contributed by atoms with E-state index in [1.54, 1.807) is 0 Å². The van der Waals surface area contributed by atoms with E-state index in [0.29, 0.717) is 0 Å². The van der Waals surface area contributed by atoms with E-state index < -0.39 is 0 Å². The van der Waals surface area contributed by atoms with Crippen LogP contribution in [0.15, 0.2) is 18.3 Å². The quantitative estimate of drug-likeness (QED) is 0.706. The van der Waals surface area contributed by atoms with Crippen LogP contribution in [-0.2, 0) is 6.42 Å². The fourth-order valence-electron chi connectivity index (χ4n) is 2.02. The maximum absolute atomic E-state index is 4.42. The summed E-state index contributed by atoms with van der Waals surface area (Å²) >= 11 is 0. The van der Waals surface area contributed by atoms with Crippen LogP contribution in [0.1, 0.15) is 24.1 Å². The minimum atomic E-state index is 0.786. The monoisotopic (exact) mass is 177 g/mol. The molecule has 0 amide bonds. The van der Waals surface area contributed by atoms with Gasteiger partial charge in [-0.3, -0.25) is 4.98 Å². The summed E-state index contributed by atoms with van der Waals surface area (Å²) < 4.78 is 0. The number of rotatable bonds is 2. The van der Waals surface area contributed by atoms with Gasteiger partial charge in [-0.1, -0.05) is 6.07 Å². The molecule has 1 aromatic heterocycles. The highest BCUT2D eigenvalue weighted by Gasteiger charge is 2.19. The first-order chi connectivity index (χ1) is 6.36. The zero-order valence-electron chi connectivity index (χ0n) is 8.16. The van der Waals surface area contributed by atoms with Crippen molar-refractivity contribution in [2.24, 2.45) is 0 Å². The highest BCUT2D eigenvalue weighted by molar-refractivity contribution is 5.18. The first kappa shape index (κ1) is 8.70. The van der Waals surface area contributed by atoms with Crippen LogP contribution in [-0.4, -0.2) is 17.6 Å². The molecule has 70 valence electrons. The Labute approximate surface area is 79.4 Å². The summed E-state index contributed by atoms with van der Waals surface area (Å²) in [6.07, 6.45) is 5.77. The molecule has 1 aromatic rings. The average molecular weight is 177 g/mol. The zero-order valence-corrected chi connectivity index (χ0v) is 8.16. The second-order valence-electron chi connectivity index (χ2n) is 3.90. The lowest BCUT2D eigenvalue weighted by Gasteiger charge is -2.07. The summed E-state index contributed by atoms with van der Waals surface area (Å²) in [6.45, 7) is 3.45. The van der Waals surface area contributed by atoms with Gasteiger partial charge in [0.25, 0.3) is 0 Å². The highest BCUT2D eigenvalue weighted by atomic mass is 14.9. The lowest BCUT2D eigenvalue weighted by Crippen LogP contribution is -2.87. The van der Waals surface area contributed by atoms with E-state index in [-0.39, 0.29) is 0 Å². The van der Waals surface area contributed by atoms with E-state index in [9.17, 15) is 0 Å². The van der Waals surface area contributed by atoms with Crippen LogP contribution in [0.5, 0.6) is 0 Å². The Morgan fingerprint density at radius 3 is 3.23 bits per heavy atom. The number of hydrogen-bond acceptors (Lipinski definition) is 1. The van der Waals surface area contributed by atoms with Gasteiger partial charge in [0.15, 0.2) is 0 Å². The number of nitrogens with zero attached hydrogens (tertiary/aromatic N) is 1. The van der Waals surface area contributed by atoms with Gasteiger partial charge >= 0.3 is 0 Å². The smallest absolute Gasteiger partial charge is 0.0917 e. The molecule has 1 fully saturated rings. The topological polar surface area (TPSA) is 29.5 Å². The van der Waals surface area contributed by atoms with Gasteiger partial charge in [0.1, 0.15) is 0 Å². The van der Waals surface area contributed by atoms with Gasteiger partial charge in [0.2, 0.25) is 0 Å². The second kappa shape index (κ2) is 3.88. The first-order valence-corrected chi connectivity index (χ1v) is 5.10. The minimum Gasteiger partial charge on any atom is -0.343 e. The van der Waals surface area contributed by atoms with Crippen LogP contribution in [0.3, 0.4) is 0 Å². The van der Waals surface area contributed by atoms with Crippen molar-refractivity contribution in [1.29, 1.82) is 0 Å². The van der Waals surface area contributed by atoms with Crippen molar-refractivity contribution in [1.82, 2.24) is 4.98 Å². The normalized spacial score (nSPS) is 22.1. The third-order valence-electron chi connectivity index (χ3n) is 2.85. The van der Waals surface area contributed by atoms with Gasteiger partial charge in [0.05, 0.1) is 12.6 Å². The molecule has 1 aliphatic heterocycles. The van der Waals surface area contributed by atoms with Crippen LogP contribution >= 0.6 is 0 Å². The molecular weight excluding hydrogens is 160 g/mol. The Morgan fingerprint density at radius 1 is 1.62 bits per heavy atom. The van der Waals surface area contributed by atoms with Crippen molar-refractivity contribution in [3.63, 3.8) is 0 Å². The summed E-state index contributed by atoms with van der Waals surface area (Å²) in [5.41, 5.74) is 2.62.